The van der Waals surface area contributed by atoms with E-state index in [4.69, 9.17) is 0 Å². The Morgan fingerprint density at radius 2 is 1.75 bits per heavy atom. The second-order valence-electron chi connectivity index (χ2n) is 8.96. The predicted molar refractivity (Wildman–Crippen MR) is 142 cm³/mol. The van der Waals surface area contributed by atoms with Crippen LogP contribution in [0.4, 0.5) is 17.2 Å². The van der Waals surface area contributed by atoms with E-state index < -0.39 is 0 Å². The van der Waals surface area contributed by atoms with Crippen LogP contribution in [0, 0.1) is 0 Å². The SMILES string of the molecule is CN1CCN(CCCNC(=O)c2ccnc(Nc3cccc(C(=O)N(C)c4ccncc4)c3)c2)CC1. The molecule has 2 N–H and O–H groups in total. The first-order valence-corrected chi connectivity index (χ1v) is 12.2. The number of benzene rings is 1. The number of nitrogens with one attached hydrogen (secondary N) is 2. The summed E-state index contributed by atoms with van der Waals surface area (Å²) in [6.07, 6.45) is 5.83. The highest BCUT2D eigenvalue weighted by atomic mass is 16.2. The van der Waals surface area contributed by atoms with Crippen LogP contribution in [0.3, 0.4) is 0 Å². The minimum Gasteiger partial charge on any atom is -0.352 e. The molecular formula is C27H33N7O2. The molecule has 1 fully saturated rings. The molecule has 3 heterocycles. The van der Waals surface area contributed by atoms with Gasteiger partial charge in [-0.05, 0) is 62.5 Å². The van der Waals surface area contributed by atoms with Gasteiger partial charge in [-0.1, -0.05) is 6.07 Å². The minimum atomic E-state index is -0.137. The van der Waals surface area contributed by atoms with Crippen molar-refractivity contribution in [3.8, 4) is 0 Å². The molecule has 0 aliphatic carbocycles. The number of nitrogens with zero attached hydrogens (tertiary/aromatic N) is 5. The van der Waals surface area contributed by atoms with Gasteiger partial charge < -0.3 is 25.3 Å². The zero-order valence-corrected chi connectivity index (χ0v) is 20.9. The highest BCUT2D eigenvalue weighted by molar-refractivity contribution is 6.06. The predicted octanol–water partition coefficient (Wildman–Crippen LogP) is 2.86. The van der Waals surface area contributed by atoms with E-state index in [0.717, 1.165) is 44.8 Å². The average molecular weight is 488 g/mol. The maximum absolute atomic E-state index is 12.9. The topological polar surface area (TPSA) is 93.7 Å². The molecule has 0 saturated carbocycles. The number of pyridine rings is 2. The lowest BCUT2D eigenvalue weighted by Crippen LogP contribution is -2.45. The Kier molecular flexibility index (Phi) is 8.59. The van der Waals surface area contributed by atoms with E-state index in [0.29, 0.717) is 29.2 Å². The third-order valence-electron chi connectivity index (χ3n) is 6.29. The van der Waals surface area contributed by atoms with Crippen molar-refractivity contribution in [2.24, 2.45) is 0 Å². The smallest absolute Gasteiger partial charge is 0.258 e. The molecule has 0 bridgehead atoms. The number of carbonyl (C=O) groups excluding carboxylic acids is 2. The van der Waals surface area contributed by atoms with Crippen LogP contribution in [0.25, 0.3) is 0 Å². The molecule has 9 heteroatoms. The standard InChI is InChI=1S/C27H33N7O2/c1-32-15-17-34(18-16-32)14-4-10-30-26(35)21-7-13-29-25(20-21)31-23-6-3-5-22(19-23)27(36)33(2)24-8-11-28-12-9-24/h3,5-9,11-13,19-20H,4,10,14-18H2,1-2H3,(H,29,31)(H,30,35). The second kappa shape index (κ2) is 12.2. The fourth-order valence-corrected chi connectivity index (χ4v) is 4.07. The Morgan fingerprint density at radius 3 is 2.53 bits per heavy atom. The summed E-state index contributed by atoms with van der Waals surface area (Å²) in [5.74, 6) is 0.274. The second-order valence-corrected chi connectivity index (χ2v) is 8.96. The molecule has 4 rings (SSSR count). The van der Waals surface area contributed by atoms with E-state index in [2.05, 4.69) is 37.4 Å². The van der Waals surface area contributed by atoms with Gasteiger partial charge in [-0.3, -0.25) is 14.6 Å². The molecule has 36 heavy (non-hydrogen) atoms. The number of anilines is 3. The van der Waals surface area contributed by atoms with Gasteiger partial charge >= 0.3 is 0 Å². The molecule has 188 valence electrons. The van der Waals surface area contributed by atoms with Crippen LogP contribution < -0.4 is 15.5 Å². The van der Waals surface area contributed by atoms with Gasteiger partial charge in [-0.2, -0.15) is 0 Å². The maximum Gasteiger partial charge on any atom is 0.258 e. The van der Waals surface area contributed by atoms with Crippen LogP contribution in [0.15, 0.2) is 67.1 Å². The summed E-state index contributed by atoms with van der Waals surface area (Å²) in [5.41, 5.74) is 2.55. The molecule has 1 aliphatic rings. The number of hydrogen-bond acceptors (Lipinski definition) is 7. The van der Waals surface area contributed by atoms with E-state index in [1.165, 1.54) is 0 Å². The molecule has 3 aromatic rings. The van der Waals surface area contributed by atoms with Crippen molar-refractivity contribution in [1.82, 2.24) is 25.1 Å². The van der Waals surface area contributed by atoms with Crippen molar-refractivity contribution in [2.75, 3.05) is 63.6 Å². The van der Waals surface area contributed by atoms with Gasteiger partial charge in [0.05, 0.1) is 0 Å². The van der Waals surface area contributed by atoms with E-state index in [-0.39, 0.29) is 11.8 Å². The van der Waals surface area contributed by atoms with E-state index in [1.54, 1.807) is 66.9 Å². The third-order valence-corrected chi connectivity index (χ3v) is 6.29. The first-order chi connectivity index (χ1) is 17.5. The number of hydrogen-bond donors (Lipinski definition) is 2. The van der Waals surface area contributed by atoms with Crippen molar-refractivity contribution in [2.45, 2.75) is 6.42 Å². The van der Waals surface area contributed by atoms with E-state index in [9.17, 15) is 9.59 Å². The number of amides is 2. The summed E-state index contributed by atoms with van der Waals surface area (Å²) >= 11 is 0. The van der Waals surface area contributed by atoms with Gasteiger partial charge in [-0.15, -0.1) is 0 Å². The molecule has 1 aliphatic heterocycles. The summed E-state index contributed by atoms with van der Waals surface area (Å²) in [5, 5.41) is 6.21. The largest absolute Gasteiger partial charge is 0.352 e. The summed E-state index contributed by atoms with van der Waals surface area (Å²) < 4.78 is 0. The third kappa shape index (κ3) is 6.87. The lowest BCUT2D eigenvalue weighted by molar-refractivity contribution is 0.0948. The molecule has 0 spiro atoms. The number of piperazine rings is 1. The van der Waals surface area contributed by atoms with Gasteiger partial charge in [0.2, 0.25) is 0 Å². The Balaban J connectivity index is 1.31. The number of carbonyl (C=O) groups is 2. The quantitative estimate of drug-likeness (QED) is 0.448. The van der Waals surface area contributed by atoms with Gasteiger partial charge in [0.15, 0.2) is 0 Å². The van der Waals surface area contributed by atoms with Crippen LogP contribution in [0.5, 0.6) is 0 Å². The van der Waals surface area contributed by atoms with Gasteiger partial charge in [0.25, 0.3) is 11.8 Å². The average Bonchev–Trinajstić information content (AvgIpc) is 2.92. The summed E-state index contributed by atoms with van der Waals surface area (Å²) in [4.78, 5) is 40.3. The number of likely N-dealkylation sites (N-methyl/N-ethyl adjacent to an activating group) is 1. The Bertz CT molecular complexity index is 1160. The van der Waals surface area contributed by atoms with E-state index >= 15 is 0 Å². The van der Waals surface area contributed by atoms with Crippen LogP contribution in [-0.4, -0.2) is 84.9 Å². The molecule has 1 aromatic carbocycles. The number of rotatable bonds is 9. The van der Waals surface area contributed by atoms with Crippen LogP contribution in [0.2, 0.25) is 0 Å². The first kappa shape index (κ1) is 25.3. The molecule has 0 radical (unpaired) electrons. The highest BCUT2D eigenvalue weighted by Crippen LogP contribution is 2.20. The van der Waals surface area contributed by atoms with Gasteiger partial charge in [0, 0.05) is 80.9 Å². The summed E-state index contributed by atoms with van der Waals surface area (Å²) in [6, 6.07) is 14.2. The normalized spacial score (nSPS) is 14.3. The van der Waals surface area contributed by atoms with Crippen molar-refractivity contribution in [3.63, 3.8) is 0 Å². The maximum atomic E-state index is 12.9. The molecule has 9 nitrogen and oxygen atoms in total. The van der Waals surface area contributed by atoms with Crippen molar-refractivity contribution in [1.29, 1.82) is 0 Å². The molecule has 1 saturated heterocycles. The fraction of sp³-hybridized carbons (Fsp3) is 0.333. The van der Waals surface area contributed by atoms with Crippen LogP contribution >= 0.6 is 0 Å². The Hall–Kier alpha value is -3.82. The lowest BCUT2D eigenvalue weighted by atomic mass is 10.1. The monoisotopic (exact) mass is 487 g/mol. The molecule has 2 aromatic heterocycles. The number of aromatic nitrogens is 2. The first-order valence-electron chi connectivity index (χ1n) is 12.2. The zero-order chi connectivity index (χ0) is 25.3. The van der Waals surface area contributed by atoms with Crippen molar-refractivity contribution >= 4 is 29.0 Å². The molecule has 2 amide bonds. The molecule has 0 atom stereocenters. The Morgan fingerprint density at radius 1 is 0.972 bits per heavy atom. The van der Waals surface area contributed by atoms with Crippen LogP contribution in [-0.2, 0) is 0 Å². The van der Waals surface area contributed by atoms with Crippen LogP contribution in [0.1, 0.15) is 27.1 Å². The summed E-state index contributed by atoms with van der Waals surface area (Å²) in [7, 11) is 3.88. The molecule has 0 unspecified atom stereocenters. The van der Waals surface area contributed by atoms with Gasteiger partial charge in [-0.25, -0.2) is 4.98 Å². The molecular weight excluding hydrogens is 454 g/mol. The van der Waals surface area contributed by atoms with Crippen molar-refractivity contribution < 1.29 is 9.59 Å². The zero-order valence-electron chi connectivity index (χ0n) is 20.9. The van der Waals surface area contributed by atoms with Gasteiger partial charge in [0.1, 0.15) is 5.82 Å². The summed E-state index contributed by atoms with van der Waals surface area (Å²) in [6.45, 7) is 5.97. The Labute approximate surface area is 212 Å². The highest BCUT2D eigenvalue weighted by Gasteiger charge is 2.15. The minimum absolute atomic E-state index is 0.123. The van der Waals surface area contributed by atoms with E-state index in [1.807, 2.05) is 12.1 Å². The fourth-order valence-electron chi connectivity index (χ4n) is 4.07. The lowest BCUT2D eigenvalue weighted by Gasteiger charge is -2.32. The van der Waals surface area contributed by atoms with Crippen molar-refractivity contribution in [3.05, 3.63) is 78.2 Å².